The lowest BCUT2D eigenvalue weighted by Crippen LogP contribution is -2.41. The van der Waals surface area contributed by atoms with Crippen LogP contribution in [-0.4, -0.2) is 58.7 Å². The van der Waals surface area contributed by atoms with Crippen molar-refractivity contribution in [3.63, 3.8) is 0 Å². The van der Waals surface area contributed by atoms with Gasteiger partial charge in [-0.05, 0) is 85.5 Å². The van der Waals surface area contributed by atoms with Gasteiger partial charge in [-0.2, -0.15) is 4.98 Å². The Kier molecular flexibility index (Phi) is 13.9. The van der Waals surface area contributed by atoms with Gasteiger partial charge in [0.1, 0.15) is 29.7 Å². The molecule has 0 aliphatic heterocycles. The number of pyridine rings is 2. The molecule has 10 nitrogen and oxygen atoms in total. The zero-order chi connectivity index (χ0) is 38.2. The van der Waals surface area contributed by atoms with Crippen molar-refractivity contribution in [2.45, 2.75) is 116 Å². The molecule has 0 saturated heterocycles. The van der Waals surface area contributed by atoms with Gasteiger partial charge in [-0.15, -0.1) is 0 Å². The first-order chi connectivity index (χ1) is 26.2. The zero-order valence-electron chi connectivity index (χ0n) is 31.6. The Labute approximate surface area is 328 Å². The van der Waals surface area contributed by atoms with Gasteiger partial charge < -0.3 is 39.8 Å². The largest absolute Gasteiger partial charge is 0.487 e. The number of hydrogen-bond donors (Lipinski definition) is 4. The number of ether oxygens (including phenoxy) is 4. The molecular weight excluding hydrogens is 727 g/mol. The third-order valence-electron chi connectivity index (χ3n) is 10.8. The highest BCUT2D eigenvalue weighted by Gasteiger charge is 2.25. The highest BCUT2D eigenvalue weighted by atomic mass is 35.5. The van der Waals surface area contributed by atoms with Crippen LogP contribution in [0, 0.1) is 13.8 Å². The topological polar surface area (TPSA) is 127 Å². The number of nitrogens with zero attached hydrogens (tertiary/aromatic N) is 2. The maximum atomic E-state index is 10.4. The van der Waals surface area contributed by atoms with E-state index < -0.39 is 0 Å². The van der Waals surface area contributed by atoms with E-state index in [-0.39, 0.29) is 37.5 Å². The van der Waals surface area contributed by atoms with E-state index >= 15 is 0 Å². The van der Waals surface area contributed by atoms with Gasteiger partial charge in [-0.3, -0.25) is 0 Å². The molecule has 2 fully saturated rings. The number of aliphatic hydroxyl groups excluding tert-OH is 2. The van der Waals surface area contributed by atoms with E-state index in [1.54, 1.807) is 14.2 Å². The molecule has 4 atom stereocenters. The van der Waals surface area contributed by atoms with Crippen LogP contribution >= 0.6 is 23.2 Å². The predicted molar refractivity (Wildman–Crippen MR) is 212 cm³/mol. The molecule has 4 N–H and O–H groups in total. The average Bonchev–Trinajstić information content (AvgIpc) is 3.17. The molecular formula is C42H52Cl2N4O6. The fraction of sp³-hybridized carbons (Fsp3) is 0.476. The summed E-state index contributed by atoms with van der Waals surface area (Å²) in [6, 6.07) is 15.9. The molecule has 2 aromatic heterocycles. The molecule has 2 aliphatic carbocycles. The molecule has 2 aromatic carbocycles. The zero-order valence-corrected chi connectivity index (χ0v) is 33.1. The molecule has 0 spiro atoms. The third kappa shape index (κ3) is 9.59. The Morgan fingerprint density at radius 2 is 1.20 bits per heavy atom. The van der Waals surface area contributed by atoms with Crippen LogP contribution in [0.5, 0.6) is 23.4 Å². The van der Waals surface area contributed by atoms with Crippen LogP contribution < -0.4 is 29.6 Å². The first-order valence-corrected chi connectivity index (χ1v) is 19.6. The molecule has 2 heterocycles. The molecule has 54 heavy (non-hydrogen) atoms. The minimum Gasteiger partial charge on any atom is -0.487 e. The highest BCUT2D eigenvalue weighted by Crippen LogP contribution is 2.36. The third-order valence-corrected chi connectivity index (χ3v) is 11.4. The molecule has 4 aromatic rings. The molecule has 0 radical (unpaired) electrons. The summed E-state index contributed by atoms with van der Waals surface area (Å²) in [6.45, 7) is 5.52. The number of hydrogen-bond acceptors (Lipinski definition) is 10. The van der Waals surface area contributed by atoms with Crippen molar-refractivity contribution in [1.82, 2.24) is 20.6 Å². The summed E-state index contributed by atoms with van der Waals surface area (Å²) < 4.78 is 23.7. The van der Waals surface area contributed by atoms with E-state index in [1.165, 1.54) is 0 Å². The fourth-order valence-corrected chi connectivity index (χ4v) is 7.97. The number of methoxy groups -OCH3 is 2. The van der Waals surface area contributed by atoms with Crippen LogP contribution in [0.15, 0.2) is 48.5 Å². The van der Waals surface area contributed by atoms with Crippen molar-refractivity contribution in [3.8, 4) is 34.5 Å². The van der Waals surface area contributed by atoms with Crippen molar-refractivity contribution < 1.29 is 29.2 Å². The predicted octanol–water partition coefficient (Wildman–Crippen LogP) is 8.03. The summed E-state index contributed by atoms with van der Waals surface area (Å²) in [4.78, 5) is 9.29. The normalized spacial score (nSPS) is 20.1. The van der Waals surface area contributed by atoms with Gasteiger partial charge in [-0.1, -0.05) is 79.2 Å². The summed E-state index contributed by atoms with van der Waals surface area (Å²) in [5.74, 6) is 1.93. The van der Waals surface area contributed by atoms with Gasteiger partial charge in [0, 0.05) is 36.3 Å². The monoisotopic (exact) mass is 778 g/mol. The second kappa shape index (κ2) is 18.8. The minimum atomic E-state index is -0.353. The molecule has 2 aliphatic rings. The van der Waals surface area contributed by atoms with Crippen molar-refractivity contribution >= 4 is 23.2 Å². The Morgan fingerprint density at radius 1 is 0.648 bits per heavy atom. The van der Waals surface area contributed by atoms with E-state index in [2.05, 4.69) is 34.7 Å². The Morgan fingerprint density at radius 3 is 1.81 bits per heavy atom. The molecule has 0 bridgehead atoms. The standard InChI is InChI=1S/C42H52Cl2N4O6/c1-25-27(23-54-42-33(44)20-29(41(48-42)52-4)22-46-35-15-6-8-17-38(35)50)11-9-12-30(25)31-13-10-18-39(26(31)2)53-24-36-32(43)19-28(40(47-36)51-3)21-45-34-14-5-7-16-37(34)49/h9-13,18-20,34-35,37-38,45-46,49-50H,5-8,14-17,21-24H2,1-4H3/t34-,35-,37+,38+/m1/s1. The van der Waals surface area contributed by atoms with Crippen molar-refractivity contribution in [2.75, 3.05) is 14.2 Å². The number of benzene rings is 2. The number of rotatable bonds is 15. The quantitative estimate of drug-likeness (QED) is 0.0943. The number of aliphatic hydroxyl groups is 2. The lowest BCUT2D eigenvalue weighted by atomic mass is 9.92. The lowest BCUT2D eigenvalue weighted by molar-refractivity contribution is 0.0899. The summed E-state index contributed by atoms with van der Waals surface area (Å²) in [6.07, 6.45) is 7.11. The van der Waals surface area contributed by atoms with Gasteiger partial charge in [0.05, 0.1) is 31.5 Å². The number of halogens is 2. The van der Waals surface area contributed by atoms with Crippen LogP contribution in [-0.2, 0) is 26.3 Å². The second-order valence-corrected chi connectivity index (χ2v) is 15.1. The highest BCUT2D eigenvalue weighted by molar-refractivity contribution is 6.32. The average molecular weight is 780 g/mol. The smallest absolute Gasteiger partial charge is 0.236 e. The maximum absolute atomic E-state index is 10.4. The Hall–Kier alpha value is -3.64. The van der Waals surface area contributed by atoms with Crippen LogP contribution in [0.3, 0.4) is 0 Å². The molecule has 2 saturated carbocycles. The Bertz CT molecular complexity index is 1760. The molecule has 290 valence electrons. The van der Waals surface area contributed by atoms with Gasteiger partial charge >= 0.3 is 0 Å². The summed E-state index contributed by atoms with van der Waals surface area (Å²) in [5.41, 5.74) is 7.34. The van der Waals surface area contributed by atoms with E-state index in [4.69, 9.17) is 47.1 Å². The van der Waals surface area contributed by atoms with Crippen molar-refractivity contribution in [1.29, 1.82) is 0 Å². The van der Waals surface area contributed by atoms with Crippen LogP contribution in [0.1, 0.15) is 84.9 Å². The summed E-state index contributed by atoms with van der Waals surface area (Å²) in [5, 5.41) is 28.5. The molecule has 6 rings (SSSR count). The van der Waals surface area contributed by atoms with Gasteiger partial charge in [0.25, 0.3) is 0 Å². The minimum absolute atomic E-state index is 0.0392. The first kappa shape index (κ1) is 40.0. The van der Waals surface area contributed by atoms with E-state index in [1.807, 2.05) is 43.3 Å². The molecule has 0 unspecified atom stereocenters. The van der Waals surface area contributed by atoms with Crippen molar-refractivity contribution in [3.05, 3.63) is 92.1 Å². The first-order valence-electron chi connectivity index (χ1n) is 18.9. The fourth-order valence-electron chi connectivity index (χ4n) is 7.52. The Balaban J connectivity index is 1.12. The number of nitrogens with one attached hydrogen (secondary N) is 2. The second-order valence-electron chi connectivity index (χ2n) is 14.3. The van der Waals surface area contributed by atoms with Crippen LogP contribution in [0.25, 0.3) is 11.1 Å². The van der Waals surface area contributed by atoms with Crippen LogP contribution in [0.4, 0.5) is 0 Å². The summed E-state index contributed by atoms with van der Waals surface area (Å²) >= 11 is 13.4. The van der Waals surface area contributed by atoms with Crippen molar-refractivity contribution in [2.24, 2.45) is 0 Å². The SMILES string of the molecule is COc1nc(COc2cccc(-c3cccc(COc4nc(OC)c(CN[C@@H]5CCCC[C@@H]5O)cc4Cl)c3C)c2C)c(Cl)cc1CN[C@@H]1CCCC[C@@H]1O. The van der Waals surface area contributed by atoms with Crippen LogP contribution in [0.2, 0.25) is 10.0 Å². The van der Waals surface area contributed by atoms with E-state index in [0.717, 1.165) is 96.1 Å². The van der Waals surface area contributed by atoms with Gasteiger partial charge in [0.15, 0.2) is 0 Å². The summed E-state index contributed by atoms with van der Waals surface area (Å²) in [7, 11) is 3.17. The molecule has 12 heteroatoms. The van der Waals surface area contributed by atoms with Gasteiger partial charge in [0.2, 0.25) is 17.6 Å². The van der Waals surface area contributed by atoms with Gasteiger partial charge in [-0.25, -0.2) is 4.98 Å². The van der Waals surface area contributed by atoms with E-state index in [0.29, 0.717) is 46.5 Å². The maximum Gasteiger partial charge on any atom is 0.236 e. The lowest BCUT2D eigenvalue weighted by Gasteiger charge is -2.28. The molecule has 0 amide bonds. The van der Waals surface area contributed by atoms with E-state index in [9.17, 15) is 10.2 Å². The number of aromatic nitrogens is 2.